The van der Waals surface area contributed by atoms with Crippen molar-refractivity contribution in [2.24, 2.45) is 0 Å². The first-order chi connectivity index (χ1) is 10.1. The van der Waals surface area contributed by atoms with Gasteiger partial charge in [0.25, 0.3) is 0 Å². The van der Waals surface area contributed by atoms with Crippen LogP contribution in [-0.2, 0) is 4.79 Å². The quantitative estimate of drug-likeness (QED) is 0.905. The minimum Gasteiger partial charge on any atom is -0.486 e. The lowest BCUT2D eigenvalue weighted by molar-refractivity contribution is -0.120. The van der Waals surface area contributed by atoms with Crippen LogP contribution in [0.1, 0.15) is 31.7 Å². The number of fused-ring (bicyclic) bond motifs is 1. The highest BCUT2D eigenvalue weighted by atomic mass is 16.6. The number of urea groups is 1. The van der Waals surface area contributed by atoms with Crippen molar-refractivity contribution in [3.8, 4) is 11.5 Å². The second kappa shape index (κ2) is 5.27. The maximum absolute atomic E-state index is 12.0. The molecule has 1 N–H and O–H groups in total. The lowest BCUT2D eigenvalue weighted by Crippen LogP contribution is -2.49. The molecular formula is C15H18N2O4. The summed E-state index contributed by atoms with van der Waals surface area (Å²) in [4.78, 5) is 24.8. The van der Waals surface area contributed by atoms with E-state index in [0.29, 0.717) is 42.9 Å². The predicted molar refractivity (Wildman–Crippen MR) is 77.0 cm³/mol. The van der Waals surface area contributed by atoms with Gasteiger partial charge in [-0.25, -0.2) is 4.79 Å². The molecule has 2 heterocycles. The lowest BCUT2D eigenvalue weighted by Gasteiger charge is -2.31. The summed E-state index contributed by atoms with van der Waals surface area (Å²) >= 11 is 0. The maximum Gasteiger partial charge on any atom is 0.328 e. The number of carbonyl (C=O) groups is 2. The zero-order valence-electron chi connectivity index (χ0n) is 12.1. The van der Waals surface area contributed by atoms with E-state index in [-0.39, 0.29) is 12.3 Å². The van der Waals surface area contributed by atoms with Gasteiger partial charge in [0, 0.05) is 18.5 Å². The van der Waals surface area contributed by atoms with E-state index < -0.39 is 6.03 Å². The average Bonchev–Trinajstić information content (AvgIpc) is 2.46. The standard InChI is InChI=1S/C15H18N2O4/c1-9(2)10-3-4-11(14-13(10)20-7-8-21-14)17-6-5-12(18)16-15(17)19/h3-4,9H,5-8H2,1-2H3,(H,16,18,19). The third-order valence-electron chi connectivity index (χ3n) is 3.66. The number of nitrogens with zero attached hydrogens (tertiary/aromatic N) is 1. The van der Waals surface area contributed by atoms with Crippen LogP contribution in [0.2, 0.25) is 0 Å². The van der Waals surface area contributed by atoms with E-state index >= 15 is 0 Å². The zero-order valence-corrected chi connectivity index (χ0v) is 12.1. The second-order valence-electron chi connectivity index (χ2n) is 5.44. The van der Waals surface area contributed by atoms with E-state index in [2.05, 4.69) is 19.2 Å². The Kier molecular flexibility index (Phi) is 3.45. The average molecular weight is 290 g/mol. The number of amides is 3. The summed E-state index contributed by atoms with van der Waals surface area (Å²) in [5, 5.41) is 2.32. The molecule has 3 rings (SSSR count). The third-order valence-corrected chi connectivity index (χ3v) is 3.66. The van der Waals surface area contributed by atoms with E-state index in [0.717, 1.165) is 5.56 Å². The third kappa shape index (κ3) is 2.41. The Morgan fingerprint density at radius 1 is 1.14 bits per heavy atom. The minimum atomic E-state index is -0.417. The van der Waals surface area contributed by atoms with Crippen molar-refractivity contribution in [1.82, 2.24) is 5.32 Å². The highest BCUT2D eigenvalue weighted by Crippen LogP contribution is 2.44. The van der Waals surface area contributed by atoms with E-state index in [1.165, 1.54) is 4.90 Å². The van der Waals surface area contributed by atoms with Crippen LogP contribution in [0, 0.1) is 0 Å². The van der Waals surface area contributed by atoms with Crippen molar-refractivity contribution in [2.75, 3.05) is 24.7 Å². The van der Waals surface area contributed by atoms with Gasteiger partial charge in [-0.15, -0.1) is 0 Å². The van der Waals surface area contributed by atoms with Crippen LogP contribution in [0.4, 0.5) is 10.5 Å². The van der Waals surface area contributed by atoms with Gasteiger partial charge in [0.2, 0.25) is 5.91 Å². The molecule has 2 aliphatic rings. The molecular weight excluding hydrogens is 272 g/mol. The molecule has 0 aromatic heterocycles. The maximum atomic E-state index is 12.0. The molecule has 0 aliphatic carbocycles. The van der Waals surface area contributed by atoms with Crippen LogP contribution in [0.5, 0.6) is 11.5 Å². The van der Waals surface area contributed by atoms with Gasteiger partial charge in [-0.05, 0) is 12.0 Å². The first-order valence-electron chi connectivity index (χ1n) is 7.11. The van der Waals surface area contributed by atoms with Crippen LogP contribution >= 0.6 is 0 Å². The number of hydrogen-bond acceptors (Lipinski definition) is 4. The van der Waals surface area contributed by atoms with Crippen molar-refractivity contribution in [2.45, 2.75) is 26.2 Å². The summed E-state index contributed by atoms with van der Waals surface area (Å²) in [5.41, 5.74) is 1.71. The van der Waals surface area contributed by atoms with Crippen molar-refractivity contribution in [1.29, 1.82) is 0 Å². The highest BCUT2D eigenvalue weighted by Gasteiger charge is 2.30. The highest BCUT2D eigenvalue weighted by molar-refractivity contribution is 6.06. The summed E-state index contributed by atoms with van der Waals surface area (Å²) in [6.45, 7) is 5.47. The van der Waals surface area contributed by atoms with Gasteiger partial charge in [0.05, 0.1) is 5.69 Å². The summed E-state index contributed by atoms with van der Waals surface area (Å²) in [6, 6.07) is 3.40. The predicted octanol–water partition coefficient (Wildman–Crippen LogP) is 2.03. The fourth-order valence-electron chi connectivity index (χ4n) is 2.60. The molecule has 0 saturated carbocycles. The van der Waals surface area contributed by atoms with Crippen molar-refractivity contribution in [3.05, 3.63) is 17.7 Å². The molecule has 0 bridgehead atoms. The van der Waals surface area contributed by atoms with Crippen LogP contribution in [0.15, 0.2) is 12.1 Å². The Bertz CT molecular complexity index is 598. The number of anilines is 1. The van der Waals surface area contributed by atoms with Gasteiger partial charge < -0.3 is 9.47 Å². The van der Waals surface area contributed by atoms with Crippen LogP contribution < -0.4 is 19.7 Å². The number of hydrogen-bond donors (Lipinski definition) is 1. The number of benzene rings is 1. The SMILES string of the molecule is CC(C)c1ccc(N2CCC(=O)NC2=O)c2c1OCCO2. The van der Waals surface area contributed by atoms with Gasteiger partial charge in [0.15, 0.2) is 11.5 Å². The number of carbonyl (C=O) groups excluding carboxylic acids is 2. The largest absolute Gasteiger partial charge is 0.486 e. The van der Waals surface area contributed by atoms with Crippen LogP contribution in [-0.4, -0.2) is 31.7 Å². The molecule has 1 aromatic carbocycles. The molecule has 1 fully saturated rings. The fraction of sp³-hybridized carbons (Fsp3) is 0.467. The van der Waals surface area contributed by atoms with Crippen LogP contribution in [0.3, 0.4) is 0 Å². The first kappa shape index (κ1) is 13.7. The van der Waals surface area contributed by atoms with E-state index in [1.54, 1.807) is 0 Å². The van der Waals surface area contributed by atoms with E-state index in [4.69, 9.17) is 9.47 Å². The molecule has 21 heavy (non-hydrogen) atoms. The van der Waals surface area contributed by atoms with Gasteiger partial charge in [-0.2, -0.15) is 0 Å². The van der Waals surface area contributed by atoms with Gasteiger partial charge in [-0.1, -0.05) is 19.9 Å². The molecule has 0 unspecified atom stereocenters. The topological polar surface area (TPSA) is 67.9 Å². The lowest BCUT2D eigenvalue weighted by atomic mass is 10.00. The summed E-state index contributed by atoms with van der Waals surface area (Å²) in [7, 11) is 0. The molecule has 1 saturated heterocycles. The number of rotatable bonds is 2. The van der Waals surface area contributed by atoms with E-state index in [9.17, 15) is 9.59 Å². The zero-order chi connectivity index (χ0) is 15.0. The molecule has 0 radical (unpaired) electrons. The summed E-state index contributed by atoms with van der Waals surface area (Å²) in [5.74, 6) is 1.35. The monoisotopic (exact) mass is 290 g/mol. The normalized spacial score (nSPS) is 18.0. The minimum absolute atomic E-state index is 0.249. The van der Waals surface area contributed by atoms with Crippen molar-refractivity contribution < 1.29 is 19.1 Å². The Labute approximate surface area is 123 Å². The smallest absolute Gasteiger partial charge is 0.328 e. The van der Waals surface area contributed by atoms with E-state index in [1.807, 2.05) is 12.1 Å². The fourth-order valence-corrected chi connectivity index (χ4v) is 2.60. The Balaban J connectivity index is 2.03. The number of ether oxygens (including phenoxy) is 2. The number of imide groups is 1. The Hall–Kier alpha value is -2.24. The molecule has 3 amide bonds. The second-order valence-corrected chi connectivity index (χ2v) is 5.44. The van der Waals surface area contributed by atoms with Gasteiger partial charge >= 0.3 is 6.03 Å². The van der Waals surface area contributed by atoms with Gasteiger partial charge in [0.1, 0.15) is 13.2 Å². The molecule has 0 atom stereocenters. The molecule has 112 valence electrons. The van der Waals surface area contributed by atoms with Crippen molar-refractivity contribution in [3.63, 3.8) is 0 Å². The van der Waals surface area contributed by atoms with Crippen molar-refractivity contribution >= 4 is 17.6 Å². The number of nitrogens with one attached hydrogen (secondary N) is 1. The summed E-state index contributed by atoms with van der Waals surface area (Å²) in [6.07, 6.45) is 0.285. The van der Waals surface area contributed by atoms with Crippen LogP contribution in [0.25, 0.3) is 0 Å². The van der Waals surface area contributed by atoms with Gasteiger partial charge in [-0.3, -0.25) is 15.0 Å². The Morgan fingerprint density at radius 2 is 1.86 bits per heavy atom. The first-order valence-corrected chi connectivity index (χ1v) is 7.11. The Morgan fingerprint density at radius 3 is 2.52 bits per heavy atom. The molecule has 0 spiro atoms. The molecule has 6 nitrogen and oxygen atoms in total. The molecule has 2 aliphatic heterocycles. The summed E-state index contributed by atoms with van der Waals surface area (Å²) < 4.78 is 11.5. The molecule has 6 heteroatoms. The molecule has 1 aromatic rings.